The number of nitrogens with zero attached hydrogens (tertiary/aromatic N) is 4. The summed E-state index contributed by atoms with van der Waals surface area (Å²) in [6.07, 6.45) is 3.09. The third kappa shape index (κ3) is 1.54. The molecule has 14 heavy (non-hydrogen) atoms. The van der Waals surface area contributed by atoms with Crippen LogP contribution in [0.15, 0.2) is 16.9 Å². The lowest BCUT2D eigenvalue weighted by molar-refractivity contribution is 0.408. The summed E-state index contributed by atoms with van der Waals surface area (Å²) in [7, 11) is 1.55. The van der Waals surface area contributed by atoms with Crippen LogP contribution in [0, 0.1) is 6.92 Å². The van der Waals surface area contributed by atoms with Crippen LogP contribution in [0.2, 0.25) is 0 Å². The van der Waals surface area contributed by atoms with Gasteiger partial charge in [0.25, 0.3) is 5.89 Å². The molecule has 2 rings (SSSR count). The maximum Gasteiger partial charge on any atom is 0.295 e. The number of aromatic nitrogens is 4. The van der Waals surface area contributed by atoms with Crippen LogP contribution in [0.5, 0.6) is 5.75 Å². The molecule has 0 aliphatic carbocycles. The van der Waals surface area contributed by atoms with Crippen LogP contribution in [0.3, 0.4) is 0 Å². The van der Waals surface area contributed by atoms with Crippen molar-refractivity contribution < 1.29 is 9.26 Å². The standard InChI is InChI=1S/C8H8N4O2/c1-5-11-8(14-12-5)7-9-3-6(13-2)4-10-7/h3-4H,1-2H3. The van der Waals surface area contributed by atoms with Crippen LogP contribution >= 0.6 is 0 Å². The van der Waals surface area contributed by atoms with Crippen molar-refractivity contribution >= 4 is 0 Å². The summed E-state index contributed by atoms with van der Waals surface area (Å²) in [5.74, 6) is 1.85. The predicted molar refractivity (Wildman–Crippen MR) is 46.6 cm³/mol. The van der Waals surface area contributed by atoms with Gasteiger partial charge in [-0.05, 0) is 6.92 Å². The van der Waals surface area contributed by atoms with Gasteiger partial charge in [0.2, 0.25) is 5.82 Å². The third-order valence-electron chi connectivity index (χ3n) is 1.58. The van der Waals surface area contributed by atoms with E-state index >= 15 is 0 Å². The first-order valence-electron chi connectivity index (χ1n) is 3.96. The molecule has 2 heterocycles. The van der Waals surface area contributed by atoms with Gasteiger partial charge in [-0.15, -0.1) is 0 Å². The van der Waals surface area contributed by atoms with Gasteiger partial charge in [-0.2, -0.15) is 4.98 Å². The van der Waals surface area contributed by atoms with Gasteiger partial charge in [0.15, 0.2) is 11.6 Å². The smallest absolute Gasteiger partial charge is 0.295 e. The molecule has 0 N–H and O–H groups in total. The molecule has 0 amide bonds. The summed E-state index contributed by atoms with van der Waals surface area (Å²) < 4.78 is 9.82. The quantitative estimate of drug-likeness (QED) is 0.702. The Morgan fingerprint density at radius 1 is 1.29 bits per heavy atom. The number of hydrogen-bond donors (Lipinski definition) is 0. The van der Waals surface area contributed by atoms with Crippen LogP contribution in [-0.2, 0) is 0 Å². The number of hydrogen-bond acceptors (Lipinski definition) is 6. The molecule has 0 aliphatic rings. The molecule has 0 saturated heterocycles. The summed E-state index contributed by atoms with van der Waals surface area (Å²) in [5.41, 5.74) is 0. The highest BCUT2D eigenvalue weighted by Crippen LogP contribution is 2.13. The van der Waals surface area contributed by atoms with Gasteiger partial charge < -0.3 is 9.26 Å². The van der Waals surface area contributed by atoms with Gasteiger partial charge in [0, 0.05) is 0 Å². The van der Waals surface area contributed by atoms with Gasteiger partial charge in [0.1, 0.15) is 0 Å². The van der Waals surface area contributed by atoms with Crippen LogP contribution < -0.4 is 4.74 Å². The van der Waals surface area contributed by atoms with E-state index in [0.717, 1.165) is 0 Å². The molecule has 0 bridgehead atoms. The molecule has 0 spiro atoms. The molecular weight excluding hydrogens is 184 g/mol. The van der Waals surface area contributed by atoms with E-state index < -0.39 is 0 Å². The molecule has 72 valence electrons. The lowest BCUT2D eigenvalue weighted by Crippen LogP contribution is -1.90. The van der Waals surface area contributed by atoms with Crippen LogP contribution in [0.1, 0.15) is 5.82 Å². The van der Waals surface area contributed by atoms with Crippen molar-refractivity contribution in [3.8, 4) is 17.5 Å². The van der Waals surface area contributed by atoms with Crippen molar-refractivity contribution in [2.75, 3.05) is 7.11 Å². The average molecular weight is 192 g/mol. The van der Waals surface area contributed by atoms with Crippen molar-refractivity contribution in [3.63, 3.8) is 0 Å². The number of ether oxygens (including phenoxy) is 1. The van der Waals surface area contributed by atoms with Crippen LogP contribution in [0.4, 0.5) is 0 Å². The van der Waals surface area contributed by atoms with Gasteiger partial charge in [-0.3, -0.25) is 0 Å². The molecule has 2 aromatic heterocycles. The van der Waals surface area contributed by atoms with Crippen molar-refractivity contribution in [1.82, 2.24) is 20.1 Å². The lowest BCUT2D eigenvalue weighted by Gasteiger charge is -1.96. The normalized spacial score (nSPS) is 10.1. The Hall–Kier alpha value is -1.98. The van der Waals surface area contributed by atoms with Gasteiger partial charge in [0.05, 0.1) is 19.5 Å². The van der Waals surface area contributed by atoms with Crippen molar-refractivity contribution in [2.24, 2.45) is 0 Å². The van der Waals surface area contributed by atoms with Crippen molar-refractivity contribution in [2.45, 2.75) is 6.92 Å². The first kappa shape index (κ1) is 8.61. The molecule has 6 nitrogen and oxygen atoms in total. The minimum absolute atomic E-state index is 0.310. The molecule has 0 unspecified atom stereocenters. The SMILES string of the molecule is COc1cnc(-c2nc(C)no2)nc1. The second-order valence-corrected chi connectivity index (χ2v) is 2.59. The lowest BCUT2D eigenvalue weighted by atomic mass is 10.5. The maximum atomic E-state index is 4.92. The number of rotatable bonds is 2. The highest BCUT2D eigenvalue weighted by molar-refractivity contribution is 5.39. The minimum atomic E-state index is 0.310. The second-order valence-electron chi connectivity index (χ2n) is 2.59. The third-order valence-corrected chi connectivity index (χ3v) is 1.58. The van der Waals surface area contributed by atoms with Gasteiger partial charge in [-0.25, -0.2) is 9.97 Å². The van der Waals surface area contributed by atoms with Crippen molar-refractivity contribution in [1.29, 1.82) is 0 Å². The van der Waals surface area contributed by atoms with Gasteiger partial charge in [-0.1, -0.05) is 5.16 Å². The van der Waals surface area contributed by atoms with Crippen molar-refractivity contribution in [3.05, 3.63) is 18.2 Å². The van der Waals surface area contributed by atoms with E-state index in [0.29, 0.717) is 23.3 Å². The van der Waals surface area contributed by atoms with Crippen LogP contribution in [0.25, 0.3) is 11.7 Å². The summed E-state index contributed by atoms with van der Waals surface area (Å²) in [6.45, 7) is 1.73. The molecule has 0 radical (unpaired) electrons. The summed E-state index contributed by atoms with van der Waals surface area (Å²) >= 11 is 0. The Balaban J connectivity index is 2.33. The average Bonchev–Trinajstić information content (AvgIpc) is 2.65. The molecule has 6 heteroatoms. The zero-order valence-corrected chi connectivity index (χ0v) is 7.76. The molecule has 0 fully saturated rings. The molecule has 0 saturated carbocycles. The fraction of sp³-hybridized carbons (Fsp3) is 0.250. The van der Waals surface area contributed by atoms with Crippen LogP contribution in [-0.4, -0.2) is 27.2 Å². The predicted octanol–water partition coefficient (Wildman–Crippen LogP) is 0.844. The summed E-state index contributed by atoms with van der Waals surface area (Å²) in [4.78, 5) is 12.0. The maximum absolute atomic E-state index is 4.92. The minimum Gasteiger partial charge on any atom is -0.494 e. The fourth-order valence-corrected chi connectivity index (χ4v) is 0.920. The highest BCUT2D eigenvalue weighted by atomic mass is 16.5. The monoisotopic (exact) mass is 192 g/mol. The fourth-order valence-electron chi connectivity index (χ4n) is 0.920. The Kier molecular flexibility index (Phi) is 2.10. The van der Waals surface area contributed by atoms with E-state index in [-0.39, 0.29) is 0 Å². The topological polar surface area (TPSA) is 73.9 Å². The van der Waals surface area contributed by atoms with E-state index in [4.69, 9.17) is 9.26 Å². The number of aryl methyl sites for hydroxylation is 1. The Morgan fingerprint density at radius 3 is 2.50 bits per heavy atom. The summed E-state index contributed by atoms with van der Waals surface area (Å²) in [5, 5.41) is 3.64. The Morgan fingerprint density at radius 2 is 2.00 bits per heavy atom. The zero-order chi connectivity index (χ0) is 9.97. The van der Waals surface area contributed by atoms with E-state index in [2.05, 4.69) is 20.1 Å². The second kappa shape index (κ2) is 3.41. The first-order chi connectivity index (χ1) is 6.79. The largest absolute Gasteiger partial charge is 0.494 e. The highest BCUT2D eigenvalue weighted by Gasteiger charge is 2.08. The zero-order valence-electron chi connectivity index (χ0n) is 7.76. The number of methoxy groups -OCH3 is 1. The Labute approximate surface area is 80.0 Å². The molecule has 0 aliphatic heterocycles. The first-order valence-corrected chi connectivity index (χ1v) is 3.96. The van der Waals surface area contributed by atoms with E-state index in [1.165, 1.54) is 0 Å². The van der Waals surface area contributed by atoms with E-state index in [1.54, 1.807) is 26.4 Å². The summed E-state index contributed by atoms with van der Waals surface area (Å²) in [6, 6.07) is 0. The molecule has 0 atom stereocenters. The van der Waals surface area contributed by atoms with E-state index in [1.807, 2.05) is 0 Å². The molecule has 0 aromatic carbocycles. The van der Waals surface area contributed by atoms with E-state index in [9.17, 15) is 0 Å². The molecule has 2 aromatic rings. The van der Waals surface area contributed by atoms with Gasteiger partial charge >= 0.3 is 0 Å². The Bertz CT molecular complexity index is 423. The molecular formula is C8H8N4O2.